The molecule has 0 saturated heterocycles. The van der Waals surface area contributed by atoms with Gasteiger partial charge >= 0.3 is 0 Å². The quantitative estimate of drug-likeness (QED) is 0.825. The van der Waals surface area contributed by atoms with Crippen molar-refractivity contribution in [2.45, 2.75) is 19.6 Å². The number of anilines is 1. The number of aryl methyl sites for hydroxylation is 1. The zero-order chi connectivity index (χ0) is 11.5. The molecule has 0 aliphatic heterocycles. The summed E-state index contributed by atoms with van der Waals surface area (Å²) >= 11 is 0. The molecule has 84 valence electrons. The maximum Gasteiger partial charge on any atom is 0.154 e. The van der Waals surface area contributed by atoms with Crippen LogP contribution in [-0.4, -0.2) is 31.2 Å². The Balaban J connectivity index is 2.98. The fourth-order valence-corrected chi connectivity index (χ4v) is 1.80. The maximum atomic E-state index is 11.1. The molecule has 15 heavy (non-hydrogen) atoms. The van der Waals surface area contributed by atoms with Crippen molar-refractivity contribution in [1.82, 2.24) is 9.97 Å². The van der Waals surface area contributed by atoms with Crippen molar-refractivity contribution in [1.29, 1.82) is 0 Å². The second-order valence-electron chi connectivity index (χ2n) is 3.41. The van der Waals surface area contributed by atoms with Crippen molar-refractivity contribution in [2.75, 3.05) is 18.1 Å². The maximum absolute atomic E-state index is 11.1. The summed E-state index contributed by atoms with van der Waals surface area (Å²) in [5.74, 6) is 0.893. The van der Waals surface area contributed by atoms with Gasteiger partial charge in [-0.25, -0.2) is 18.4 Å². The smallest absolute Gasteiger partial charge is 0.154 e. The molecule has 0 unspecified atom stereocenters. The second kappa shape index (κ2) is 4.57. The Labute approximate surface area is 89.9 Å². The zero-order valence-corrected chi connectivity index (χ0v) is 9.93. The van der Waals surface area contributed by atoms with Gasteiger partial charge in [-0.3, -0.25) is 0 Å². The molecule has 1 rings (SSSR count). The molecular formula is C9H15N3O2S. The summed E-state index contributed by atoms with van der Waals surface area (Å²) in [5, 5.41) is 3.03. The third-order valence-corrected chi connectivity index (χ3v) is 2.43. The van der Waals surface area contributed by atoms with Crippen LogP contribution in [0.15, 0.2) is 6.07 Å². The largest absolute Gasteiger partial charge is 0.370 e. The van der Waals surface area contributed by atoms with E-state index in [2.05, 4.69) is 15.3 Å². The molecule has 6 heteroatoms. The Morgan fingerprint density at radius 3 is 2.60 bits per heavy atom. The van der Waals surface area contributed by atoms with Crippen LogP contribution in [-0.2, 0) is 15.6 Å². The summed E-state index contributed by atoms with van der Waals surface area (Å²) in [4.78, 5) is 8.18. The molecule has 0 aliphatic rings. The molecule has 0 radical (unpaired) electrons. The first kappa shape index (κ1) is 11.9. The minimum absolute atomic E-state index is 0.118. The lowest BCUT2D eigenvalue weighted by Crippen LogP contribution is -2.09. The number of sulfone groups is 1. The van der Waals surface area contributed by atoms with E-state index >= 15 is 0 Å². The number of hydrogen-bond acceptors (Lipinski definition) is 5. The molecule has 1 aromatic rings. The molecule has 0 amide bonds. The monoisotopic (exact) mass is 229 g/mol. The first-order valence-corrected chi connectivity index (χ1v) is 6.73. The Bertz CT molecular complexity index is 443. The standard InChI is InChI=1S/C9H15N3O2S/c1-4-10-8-5-7(2)11-9(12-8)6-15(3,13)14/h5H,4,6H2,1-3H3,(H,10,11,12). The van der Waals surface area contributed by atoms with Gasteiger partial charge < -0.3 is 5.32 Å². The first-order valence-electron chi connectivity index (χ1n) is 4.67. The van der Waals surface area contributed by atoms with E-state index < -0.39 is 9.84 Å². The Morgan fingerprint density at radius 1 is 1.40 bits per heavy atom. The lowest BCUT2D eigenvalue weighted by atomic mass is 10.4. The molecule has 0 bridgehead atoms. The van der Waals surface area contributed by atoms with Gasteiger partial charge in [0, 0.05) is 24.6 Å². The molecule has 0 aliphatic carbocycles. The topological polar surface area (TPSA) is 72.0 Å². The zero-order valence-electron chi connectivity index (χ0n) is 9.11. The highest BCUT2D eigenvalue weighted by Gasteiger charge is 2.08. The summed E-state index contributed by atoms with van der Waals surface area (Å²) in [6.45, 7) is 4.51. The van der Waals surface area contributed by atoms with E-state index in [9.17, 15) is 8.42 Å². The SMILES string of the molecule is CCNc1cc(C)nc(CS(C)(=O)=O)n1. The summed E-state index contributed by atoms with van der Waals surface area (Å²) < 4.78 is 22.2. The summed E-state index contributed by atoms with van der Waals surface area (Å²) in [6.07, 6.45) is 1.17. The fourth-order valence-electron chi connectivity index (χ4n) is 1.20. The van der Waals surface area contributed by atoms with Gasteiger partial charge in [-0.15, -0.1) is 0 Å². The van der Waals surface area contributed by atoms with Gasteiger partial charge in [-0.1, -0.05) is 0 Å². The van der Waals surface area contributed by atoms with Gasteiger partial charge in [0.15, 0.2) is 9.84 Å². The van der Waals surface area contributed by atoms with Gasteiger partial charge in [0.25, 0.3) is 0 Å². The Kier molecular flexibility index (Phi) is 3.62. The van der Waals surface area contributed by atoms with Crippen LogP contribution in [0.25, 0.3) is 0 Å². The van der Waals surface area contributed by atoms with Crippen LogP contribution in [0.1, 0.15) is 18.4 Å². The third-order valence-electron chi connectivity index (χ3n) is 1.65. The van der Waals surface area contributed by atoms with Crippen LogP contribution in [0.5, 0.6) is 0 Å². The molecule has 1 N–H and O–H groups in total. The minimum Gasteiger partial charge on any atom is -0.370 e. The highest BCUT2D eigenvalue weighted by molar-refractivity contribution is 7.89. The molecule has 5 nitrogen and oxygen atoms in total. The summed E-state index contributed by atoms with van der Waals surface area (Å²) in [6, 6.07) is 1.79. The van der Waals surface area contributed by atoms with E-state index in [-0.39, 0.29) is 5.75 Å². The lowest BCUT2D eigenvalue weighted by Gasteiger charge is -2.05. The number of nitrogens with one attached hydrogen (secondary N) is 1. The van der Waals surface area contributed by atoms with Gasteiger partial charge in [0.05, 0.1) is 0 Å². The van der Waals surface area contributed by atoms with Crippen molar-refractivity contribution >= 4 is 15.7 Å². The van der Waals surface area contributed by atoms with Gasteiger partial charge in [-0.05, 0) is 13.8 Å². The number of aromatic nitrogens is 2. The Hall–Kier alpha value is -1.17. The van der Waals surface area contributed by atoms with E-state index in [0.717, 1.165) is 12.2 Å². The molecule has 0 atom stereocenters. The van der Waals surface area contributed by atoms with Crippen LogP contribution in [0.2, 0.25) is 0 Å². The minimum atomic E-state index is -3.08. The molecule has 1 heterocycles. The van der Waals surface area contributed by atoms with Gasteiger partial charge in [0.2, 0.25) is 0 Å². The normalized spacial score (nSPS) is 11.4. The highest BCUT2D eigenvalue weighted by atomic mass is 32.2. The summed E-state index contributed by atoms with van der Waals surface area (Å²) in [7, 11) is -3.08. The van der Waals surface area contributed by atoms with Crippen LogP contribution < -0.4 is 5.32 Å². The predicted octanol–water partition coefficient (Wildman–Crippen LogP) is 0.761. The highest BCUT2D eigenvalue weighted by Crippen LogP contribution is 2.07. The van der Waals surface area contributed by atoms with E-state index in [1.165, 1.54) is 6.26 Å². The third kappa shape index (κ3) is 4.24. The van der Waals surface area contributed by atoms with Gasteiger partial charge in [-0.2, -0.15) is 0 Å². The molecular weight excluding hydrogens is 214 g/mol. The molecule has 1 aromatic heterocycles. The number of nitrogens with zero attached hydrogens (tertiary/aromatic N) is 2. The molecule has 0 fully saturated rings. The van der Waals surface area contributed by atoms with Crippen molar-refractivity contribution in [3.8, 4) is 0 Å². The van der Waals surface area contributed by atoms with Crippen LogP contribution >= 0.6 is 0 Å². The van der Waals surface area contributed by atoms with Crippen molar-refractivity contribution in [3.05, 3.63) is 17.6 Å². The average molecular weight is 229 g/mol. The van der Waals surface area contributed by atoms with E-state index in [1.54, 1.807) is 6.07 Å². The second-order valence-corrected chi connectivity index (χ2v) is 5.55. The van der Waals surface area contributed by atoms with Crippen LogP contribution in [0.3, 0.4) is 0 Å². The van der Waals surface area contributed by atoms with E-state index in [0.29, 0.717) is 11.6 Å². The average Bonchev–Trinajstić information content (AvgIpc) is 1.99. The van der Waals surface area contributed by atoms with Crippen LogP contribution in [0.4, 0.5) is 5.82 Å². The Morgan fingerprint density at radius 2 is 2.07 bits per heavy atom. The van der Waals surface area contributed by atoms with Crippen molar-refractivity contribution < 1.29 is 8.42 Å². The van der Waals surface area contributed by atoms with E-state index in [4.69, 9.17) is 0 Å². The van der Waals surface area contributed by atoms with Crippen molar-refractivity contribution in [3.63, 3.8) is 0 Å². The molecule has 0 spiro atoms. The van der Waals surface area contributed by atoms with Crippen molar-refractivity contribution in [2.24, 2.45) is 0 Å². The fraction of sp³-hybridized carbons (Fsp3) is 0.556. The van der Waals surface area contributed by atoms with Gasteiger partial charge in [0.1, 0.15) is 17.4 Å². The van der Waals surface area contributed by atoms with E-state index in [1.807, 2.05) is 13.8 Å². The first-order chi connectivity index (χ1) is 6.90. The molecule has 0 aromatic carbocycles. The lowest BCUT2D eigenvalue weighted by molar-refractivity contribution is 0.599. The number of hydrogen-bond donors (Lipinski definition) is 1. The van der Waals surface area contributed by atoms with Crippen LogP contribution in [0, 0.1) is 6.92 Å². The molecule has 0 saturated carbocycles. The summed E-state index contributed by atoms with van der Waals surface area (Å²) in [5.41, 5.74) is 0.764. The number of rotatable bonds is 4. The predicted molar refractivity (Wildman–Crippen MR) is 59.5 cm³/mol.